The molecular weight excluding hydrogens is 314 g/mol. The van der Waals surface area contributed by atoms with Gasteiger partial charge < -0.3 is 9.13 Å². The van der Waals surface area contributed by atoms with Gasteiger partial charge in [-0.15, -0.1) is 0 Å². The fourth-order valence-corrected chi connectivity index (χ4v) is 3.23. The van der Waals surface area contributed by atoms with Gasteiger partial charge in [0, 0.05) is 23.0 Å². The minimum atomic E-state index is -0.183. The summed E-state index contributed by atoms with van der Waals surface area (Å²) in [7, 11) is 0. The maximum absolute atomic E-state index is 12.1. The number of hydrogen-bond donors (Lipinski definition) is 1. The molecule has 0 atom stereocenters. The van der Waals surface area contributed by atoms with Crippen LogP contribution in [-0.4, -0.2) is 26.2 Å². The lowest BCUT2D eigenvalue weighted by atomic mass is 10.2. The molecule has 2 heterocycles. The quantitative estimate of drug-likeness (QED) is 0.574. The summed E-state index contributed by atoms with van der Waals surface area (Å²) in [6, 6.07) is 10.2. The van der Waals surface area contributed by atoms with Crippen molar-refractivity contribution >= 4 is 23.2 Å². The molecule has 1 N–H and O–H groups in total. The highest BCUT2D eigenvalue weighted by Gasteiger charge is 2.10. The summed E-state index contributed by atoms with van der Waals surface area (Å²) < 4.78 is 4.06. The summed E-state index contributed by atoms with van der Waals surface area (Å²) in [6.45, 7) is 8.63. The van der Waals surface area contributed by atoms with E-state index in [9.17, 15) is 4.79 Å². The Morgan fingerprint density at radius 3 is 2.80 bits per heavy atom. The Bertz CT molecular complexity index is 933. The number of hydrazone groups is 1. The summed E-state index contributed by atoms with van der Waals surface area (Å²) in [5, 5.41) is 4.11. The van der Waals surface area contributed by atoms with Crippen LogP contribution in [0.1, 0.15) is 36.8 Å². The molecule has 1 aromatic carbocycles. The average Bonchev–Trinajstić information content (AvgIpc) is 3.09. The van der Waals surface area contributed by atoms with Crippen molar-refractivity contribution in [3.05, 3.63) is 53.6 Å². The predicted octanol–water partition coefficient (Wildman–Crippen LogP) is 3.19. The Morgan fingerprint density at radius 1 is 1.32 bits per heavy atom. The molecule has 0 spiro atoms. The number of rotatable bonds is 5. The van der Waals surface area contributed by atoms with E-state index in [2.05, 4.69) is 53.8 Å². The van der Waals surface area contributed by atoms with Crippen molar-refractivity contribution in [1.29, 1.82) is 0 Å². The molecule has 0 aliphatic heterocycles. The van der Waals surface area contributed by atoms with E-state index in [1.54, 1.807) is 12.5 Å². The molecule has 0 fully saturated rings. The molecule has 3 aromatic rings. The minimum absolute atomic E-state index is 0.183. The van der Waals surface area contributed by atoms with Crippen LogP contribution < -0.4 is 5.43 Å². The topological polar surface area (TPSA) is 64.2 Å². The zero-order chi connectivity index (χ0) is 18.0. The highest BCUT2D eigenvalue weighted by atomic mass is 16.2. The minimum Gasteiger partial charge on any atom is -0.346 e. The van der Waals surface area contributed by atoms with E-state index >= 15 is 0 Å². The van der Waals surface area contributed by atoms with Crippen LogP contribution in [0.4, 0.5) is 0 Å². The summed E-state index contributed by atoms with van der Waals surface area (Å²) in [6.07, 6.45) is 3.37. The van der Waals surface area contributed by atoms with Crippen LogP contribution in [-0.2, 0) is 11.3 Å². The average molecular weight is 337 g/mol. The van der Waals surface area contributed by atoms with Crippen molar-refractivity contribution in [2.75, 3.05) is 0 Å². The van der Waals surface area contributed by atoms with Crippen LogP contribution in [0.3, 0.4) is 0 Å². The number of aromatic nitrogens is 3. The number of imidazole rings is 1. The number of amides is 1. The third-order valence-electron chi connectivity index (χ3n) is 4.27. The van der Waals surface area contributed by atoms with Crippen LogP contribution in [0, 0.1) is 13.8 Å². The van der Waals surface area contributed by atoms with Crippen LogP contribution in [0.25, 0.3) is 11.0 Å². The highest BCUT2D eigenvalue weighted by Crippen LogP contribution is 2.18. The van der Waals surface area contributed by atoms with Gasteiger partial charge in [0.1, 0.15) is 6.54 Å². The molecule has 0 unspecified atom stereocenters. The van der Waals surface area contributed by atoms with E-state index in [1.807, 2.05) is 28.8 Å². The van der Waals surface area contributed by atoms with Crippen LogP contribution in [0.2, 0.25) is 0 Å². The lowest BCUT2D eigenvalue weighted by Crippen LogP contribution is -2.22. The third kappa shape index (κ3) is 3.47. The Balaban J connectivity index is 1.66. The number of carbonyl (C=O) groups is 1. The summed E-state index contributed by atoms with van der Waals surface area (Å²) >= 11 is 0. The zero-order valence-corrected chi connectivity index (χ0v) is 15.0. The molecule has 25 heavy (non-hydrogen) atoms. The predicted molar refractivity (Wildman–Crippen MR) is 99.8 cm³/mol. The number of nitrogens with zero attached hydrogens (tertiary/aromatic N) is 4. The van der Waals surface area contributed by atoms with E-state index < -0.39 is 0 Å². The lowest BCUT2D eigenvalue weighted by molar-refractivity contribution is -0.121. The molecule has 130 valence electrons. The number of hydrogen-bond acceptors (Lipinski definition) is 3. The molecule has 0 radical (unpaired) electrons. The molecule has 0 aliphatic rings. The van der Waals surface area contributed by atoms with Gasteiger partial charge in [-0.25, -0.2) is 10.4 Å². The number of aryl methyl sites for hydroxylation is 1. The van der Waals surface area contributed by atoms with Gasteiger partial charge in [0.05, 0.1) is 23.6 Å². The van der Waals surface area contributed by atoms with Gasteiger partial charge in [0.25, 0.3) is 5.91 Å². The first-order chi connectivity index (χ1) is 12.0. The van der Waals surface area contributed by atoms with Gasteiger partial charge in [-0.2, -0.15) is 5.10 Å². The van der Waals surface area contributed by atoms with Gasteiger partial charge in [-0.3, -0.25) is 4.79 Å². The maximum Gasteiger partial charge on any atom is 0.260 e. The standard InChI is InChI=1S/C19H23N5O/c1-13(2)24-14(3)9-16(15(24)4)10-21-22-19(25)11-23-12-20-17-7-5-6-8-18(17)23/h5-10,12-13H,11H2,1-4H3,(H,22,25)/b21-10-. The summed E-state index contributed by atoms with van der Waals surface area (Å²) in [5.41, 5.74) is 7.74. The van der Waals surface area contributed by atoms with E-state index in [0.29, 0.717) is 6.04 Å². The van der Waals surface area contributed by atoms with E-state index in [4.69, 9.17) is 0 Å². The first-order valence-electron chi connectivity index (χ1n) is 8.37. The molecule has 3 rings (SSSR count). The monoisotopic (exact) mass is 337 g/mol. The molecule has 1 amide bonds. The Morgan fingerprint density at radius 2 is 2.08 bits per heavy atom. The van der Waals surface area contributed by atoms with Crippen molar-refractivity contribution in [2.24, 2.45) is 5.10 Å². The van der Waals surface area contributed by atoms with Crippen molar-refractivity contribution in [3.63, 3.8) is 0 Å². The molecule has 2 aromatic heterocycles. The molecule has 6 nitrogen and oxygen atoms in total. The molecule has 0 aliphatic carbocycles. The van der Waals surface area contributed by atoms with Crippen LogP contribution in [0.15, 0.2) is 41.8 Å². The van der Waals surface area contributed by atoms with Crippen molar-refractivity contribution < 1.29 is 4.79 Å². The first kappa shape index (κ1) is 17.0. The molecule has 6 heteroatoms. The maximum atomic E-state index is 12.1. The molecule has 0 saturated carbocycles. The number of benzene rings is 1. The Labute approximate surface area is 147 Å². The van der Waals surface area contributed by atoms with Crippen molar-refractivity contribution in [2.45, 2.75) is 40.3 Å². The fraction of sp³-hybridized carbons (Fsp3) is 0.316. The number of para-hydroxylation sites is 2. The second kappa shape index (κ2) is 6.93. The van der Waals surface area contributed by atoms with Gasteiger partial charge in [-0.1, -0.05) is 12.1 Å². The summed E-state index contributed by atoms with van der Waals surface area (Å²) in [4.78, 5) is 16.4. The van der Waals surface area contributed by atoms with Crippen LogP contribution >= 0.6 is 0 Å². The number of nitrogens with one attached hydrogen (secondary N) is 1. The van der Waals surface area contributed by atoms with E-state index in [1.165, 1.54) is 5.69 Å². The Hall–Kier alpha value is -2.89. The molecular formula is C19H23N5O. The largest absolute Gasteiger partial charge is 0.346 e. The van der Waals surface area contributed by atoms with Gasteiger partial charge >= 0.3 is 0 Å². The van der Waals surface area contributed by atoms with Crippen molar-refractivity contribution in [1.82, 2.24) is 19.5 Å². The number of carbonyl (C=O) groups excluding carboxylic acids is 1. The van der Waals surface area contributed by atoms with Crippen LogP contribution in [0.5, 0.6) is 0 Å². The SMILES string of the molecule is Cc1cc(/C=N\NC(=O)Cn2cnc3ccccc32)c(C)n1C(C)C. The van der Waals surface area contributed by atoms with E-state index in [0.717, 1.165) is 22.3 Å². The highest BCUT2D eigenvalue weighted by molar-refractivity contribution is 5.84. The fourth-order valence-electron chi connectivity index (χ4n) is 3.23. The van der Waals surface area contributed by atoms with Gasteiger partial charge in [-0.05, 0) is 45.9 Å². The molecule has 0 bridgehead atoms. The normalized spacial score (nSPS) is 11.7. The number of fused-ring (bicyclic) bond motifs is 1. The summed E-state index contributed by atoms with van der Waals surface area (Å²) in [5.74, 6) is -0.183. The lowest BCUT2D eigenvalue weighted by Gasteiger charge is -2.13. The Kier molecular flexibility index (Phi) is 4.70. The van der Waals surface area contributed by atoms with Gasteiger partial charge in [0.2, 0.25) is 0 Å². The van der Waals surface area contributed by atoms with E-state index in [-0.39, 0.29) is 12.5 Å². The zero-order valence-electron chi connectivity index (χ0n) is 15.0. The van der Waals surface area contributed by atoms with Crippen molar-refractivity contribution in [3.8, 4) is 0 Å². The smallest absolute Gasteiger partial charge is 0.260 e. The van der Waals surface area contributed by atoms with Gasteiger partial charge in [0.15, 0.2) is 0 Å². The molecule has 0 saturated heterocycles. The second-order valence-corrected chi connectivity index (χ2v) is 6.44. The third-order valence-corrected chi connectivity index (χ3v) is 4.27. The first-order valence-corrected chi connectivity index (χ1v) is 8.37. The second-order valence-electron chi connectivity index (χ2n) is 6.44.